The fourth-order valence-corrected chi connectivity index (χ4v) is 4.82. The van der Waals surface area contributed by atoms with E-state index in [1.807, 2.05) is 0 Å². The van der Waals surface area contributed by atoms with Gasteiger partial charge in [0.05, 0.1) is 23.7 Å². The Balaban J connectivity index is 1.98. The highest BCUT2D eigenvalue weighted by atomic mass is 32.2. The first-order chi connectivity index (χ1) is 8.44. The van der Waals surface area contributed by atoms with Crippen LogP contribution in [0.2, 0.25) is 0 Å². The Labute approximate surface area is 106 Å². The van der Waals surface area contributed by atoms with Crippen LogP contribution < -0.4 is 5.32 Å². The van der Waals surface area contributed by atoms with E-state index in [-0.39, 0.29) is 24.0 Å². The number of rotatable bonds is 4. The molecule has 2 aliphatic rings. The van der Waals surface area contributed by atoms with Crippen molar-refractivity contribution in [2.45, 2.75) is 43.8 Å². The van der Waals surface area contributed by atoms with Gasteiger partial charge in [-0.25, -0.2) is 17.2 Å². The smallest absolute Gasteiger partial charge is 0.238 e. The number of hydrogen-bond donors (Lipinski definition) is 1. The third kappa shape index (κ3) is 3.19. The summed E-state index contributed by atoms with van der Waals surface area (Å²) in [6.07, 6.45) is -1.03. The predicted octanol–water partition coefficient (Wildman–Crippen LogP) is 0.967. The summed E-state index contributed by atoms with van der Waals surface area (Å²) in [4.78, 5) is 0. The van der Waals surface area contributed by atoms with E-state index in [0.29, 0.717) is 32.4 Å². The molecule has 0 aliphatic carbocycles. The summed E-state index contributed by atoms with van der Waals surface area (Å²) < 4.78 is 53.2. The molecule has 0 aromatic carbocycles. The van der Waals surface area contributed by atoms with Crippen LogP contribution in [0.15, 0.2) is 0 Å². The van der Waals surface area contributed by atoms with Gasteiger partial charge in [-0.3, -0.25) is 0 Å². The minimum absolute atomic E-state index is 0.0202. The van der Waals surface area contributed by atoms with Crippen molar-refractivity contribution in [3.05, 3.63) is 0 Å². The maximum atomic E-state index is 12.1. The normalized spacial score (nSPS) is 35.4. The minimum atomic E-state index is -3.04. The van der Waals surface area contributed by atoms with Crippen LogP contribution in [0.25, 0.3) is 0 Å². The molecule has 2 fully saturated rings. The molecule has 1 N–H and O–H groups in total. The monoisotopic (exact) mass is 283 g/mol. The van der Waals surface area contributed by atoms with E-state index in [2.05, 4.69) is 5.32 Å². The molecule has 18 heavy (non-hydrogen) atoms. The zero-order valence-electron chi connectivity index (χ0n) is 10.2. The summed E-state index contributed by atoms with van der Waals surface area (Å²) in [5.41, 5.74) is -0.681. The predicted molar refractivity (Wildman–Crippen MR) is 63.6 cm³/mol. The zero-order valence-corrected chi connectivity index (χ0v) is 11.0. The maximum Gasteiger partial charge on any atom is 0.238 e. The second kappa shape index (κ2) is 5.38. The van der Waals surface area contributed by atoms with Gasteiger partial charge in [-0.1, -0.05) is 0 Å². The molecule has 0 bridgehead atoms. The number of sulfone groups is 1. The number of morpholine rings is 1. The van der Waals surface area contributed by atoms with Crippen LogP contribution in [-0.4, -0.2) is 51.1 Å². The molecule has 2 saturated heterocycles. The average Bonchev–Trinajstić information content (AvgIpc) is 2.58. The molecule has 2 unspecified atom stereocenters. The van der Waals surface area contributed by atoms with E-state index < -0.39 is 21.9 Å². The molecule has 2 rings (SSSR count). The van der Waals surface area contributed by atoms with Crippen molar-refractivity contribution in [2.24, 2.45) is 0 Å². The lowest BCUT2D eigenvalue weighted by atomic mass is 9.88. The van der Waals surface area contributed by atoms with Gasteiger partial charge in [0.15, 0.2) is 9.84 Å². The quantitative estimate of drug-likeness (QED) is 0.835. The maximum absolute atomic E-state index is 12.1. The number of alkyl halides is 2. The van der Waals surface area contributed by atoms with Crippen LogP contribution >= 0.6 is 0 Å². The Morgan fingerprint density at radius 2 is 2.22 bits per heavy atom. The van der Waals surface area contributed by atoms with E-state index in [0.717, 1.165) is 0 Å². The largest absolute Gasteiger partial charge is 0.371 e. The van der Waals surface area contributed by atoms with Crippen molar-refractivity contribution in [2.75, 3.05) is 24.7 Å². The summed E-state index contributed by atoms with van der Waals surface area (Å²) in [5, 5.41) is 3.23. The van der Waals surface area contributed by atoms with Crippen molar-refractivity contribution in [1.29, 1.82) is 0 Å². The van der Waals surface area contributed by atoms with Crippen molar-refractivity contribution in [3.8, 4) is 0 Å². The highest BCUT2D eigenvalue weighted by molar-refractivity contribution is 7.91. The van der Waals surface area contributed by atoms with E-state index in [9.17, 15) is 17.2 Å². The van der Waals surface area contributed by atoms with Crippen molar-refractivity contribution in [3.63, 3.8) is 0 Å². The van der Waals surface area contributed by atoms with Gasteiger partial charge < -0.3 is 10.1 Å². The van der Waals surface area contributed by atoms with Gasteiger partial charge in [-0.15, -0.1) is 0 Å². The molecular weight excluding hydrogens is 264 g/mol. The van der Waals surface area contributed by atoms with Gasteiger partial charge in [0, 0.05) is 19.0 Å². The van der Waals surface area contributed by atoms with Crippen LogP contribution in [0.1, 0.15) is 25.7 Å². The fourth-order valence-electron chi connectivity index (χ4n) is 2.85. The second-order valence-electron chi connectivity index (χ2n) is 5.08. The van der Waals surface area contributed by atoms with Gasteiger partial charge >= 0.3 is 0 Å². The third-order valence-corrected chi connectivity index (χ3v) is 5.49. The molecule has 0 saturated carbocycles. The van der Waals surface area contributed by atoms with Crippen LogP contribution in [-0.2, 0) is 14.6 Å². The molecule has 0 amide bonds. The summed E-state index contributed by atoms with van der Waals surface area (Å²) in [6.45, 7) is 1.14. The Kier molecular flexibility index (Phi) is 4.23. The Bertz CT molecular complexity index is 388. The first kappa shape index (κ1) is 14.1. The molecule has 2 aliphatic heterocycles. The van der Waals surface area contributed by atoms with E-state index in [4.69, 9.17) is 4.74 Å². The summed E-state index contributed by atoms with van der Waals surface area (Å²) in [6, 6.07) is -0.123. The Hall–Kier alpha value is -0.270. The van der Waals surface area contributed by atoms with Gasteiger partial charge in [0.2, 0.25) is 6.43 Å². The lowest BCUT2D eigenvalue weighted by molar-refractivity contribution is -0.0813. The van der Waals surface area contributed by atoms with Gasteiger partial charge in [-0.2, -0.15) is 0 Å². The topological polar surface area (TPSA) is 55.4 Å². The summed E-state index contributed by atoms with van der Waals surface area (Å²) >= 11 is 0. The molecule has 2 atom stereocenters. The van der Waals surface area contributed by atoms with E-state index in [1.165, 1.54) is 0 Å². The van der Waals surface area contributed by atoms with Gasteiger partial charge in [0.25, 0.3) is 0 Å². The molecule has 106 valence electrons. The third-order valence-electron chi connectivity index (χ3n) is 3.73. The van der Waals surface area contributed by atoms with Crippen LogP contribution in [0, 0.1) is 0 Å². The zero-order chi connectivity index (χ0) is 13.2. The summed E-state index contributed by atoms with van der Waals surface area (Å²) in [5.74, 6) is 0.159. The molecular formula is C11H19F2NO3S. The summed E-state index contributed by atoms with van der Waals surface area (Å²) in [7, 11) is -3.04. The average molecular weight is 283 g/mol. The highest BCUT2D eigenvalue weighted by Gasteiger charge is 2.49. The van der Waals surface area contributed by atoms with E-state index in [1.54, 1.807) is 0 Å². The van der Waals surface area contributed by atoms with Crippen molar-refractivity contribution < 1.29 is 21.9 Å². The Morgan fingerprint density at radius 3 is 2.83 bits per heavy atom. The molecule has 0 aromatic rings. The lowest BCUT2D eigenvalue weighted by Crippen LogP contribution is -2.58. The number of hydrogen-bond acceptors (Lipinski definition) is 4. The molecule has 2 heterocycles. The lowest BCUT2D eigenvalue weighted by Gasteiger charge is -2.41. The molecule has 0 radical (unpaired) electrons. The van der Waals surface area contributed by atoms with Crippen molar-refractivity contribution in [1.82, 2.24) is 5.32 Å². The first-order valence-electron chi connectivity index (χ1n) is 6.29. The number of ether oxygens (including phenoxy) is 1. The fraction of sp³-hybridized carbons (Fsp3) is 1.00. The van der Waals surface area contributed by atoms with E-state index >= 15 is 0 Å². The second-order valence-corrected chi connectivity index (χ2v) is 7.27. The first-order valence-corrected chi connectivity index (χ1v) is 8.12. The molecule has 7 heteroatoms. The molecule has 1 spiro atoms. The van der Waals surface area contributed by atoms with Crippen molar-refractivity contribution >= 4 is 9.84 Å². The van der Waals surface area contributed by atoms with Gasteiger partial charge in [0.1, 0.15) is 0 Å². The van der Waals surface area contributed by atoms with Gasteiger partial charge in [-0.05, 0) is 19.3 Å². The molecule has 4 nitrogen and oxygen atoms in total. The van der Waals surface area contributed by atoms with Crippen LogP contribution in [0.5, 0.6) is 0 Å². The molecule has 0 aromatic heterocycles. The standard InChI is InChI=1S/C11H19F2NO3S/c12-10(13)3-1-2-9-11(17-6-5-14-9)4-7-18(15,16)8-11/h9-10,14H,1-8H2. The van der Waals surface area contributed by atoms with Crippen LogP contribution in [0.3, 0.4) is 0 Å². The number of nitrogens with one attached hydrogen (secondary N) is 1. The SMILES string of the molecule is O=S1(=O)CCC2(C1)OCCNC2CCCC(F)F. The number of halogens is 2. The van der Waals surface area contributed by atoms with Crippen LogP contribution in [0.4, 0.5) is 8.78 Å². The highest BCUT2D eigenvalue weighted by Crippen LogP contribution is 2.34. The minimum Gasteiger partial charge on any atom is -0.371 e. The Morgan fingerprint density at radius 1 is 1.44 bits per heavy atom.